The third-order valence-corrected chi connectivity index (χ3v) is 4.15. The molecule has 1 saturated carbocycles. The van der Waals surface area contributed by atoms with Crippen LogP contribution in [0.25, 0.3) is 0 Å². The highest BCUT2D eigenvalue weighted by atomic mass is 79.9. The van der Waals surface area contributed by atoms with E-state index in [1.807, 2.05) is 18.2 Å². The van der Waals surface area contributed by atoms with Gasteiger partial charge in [-0.25, -0.2) is 0 Å². The maximum absolute atomic E-state index is 11.1. The zero-order valence-corrected chi connectivity index (χ0v) is 10.2. The van der Waals surface area contributed by atoms with Gasteiger partial charge in [0.1, 0.15) is 5.75 Å². The predicted octanol–water partition coefficient (Wildman–Crippen LogP) is 2.57. The monoisotopic (exact) mass is 282 g/mol. The van der Waals surface area contributed by atoms with E-state index in [0.29, 0.717) is 6.61 Å². The lowest BCUT2D eigenvalue weighted by molar-refractivity contribution is -0.139. The van der Waals surface area contributed by atoms with Crippen LogP contribution in [-0.2, 0) is 10.2 Å². The fourth-order valence-corrected chi connectivity index (χ4v) is 3.05. The Hall–Kier alpha value is -1.03. The van der Waals surface area contributed by atoms with Crippen LogP contribution in [0.2, 0.25) is 0 Å². The van der Waals surface area contributed by atoms with Gasteiger partial charge in [0.2, 0.25) is 0 Å². The van der Waals surface area contributed by atoms with E-state index < -0.39 is 5.97 Å². The maximum Gasteiger partial charge on any atom is 0.307 e. The quantitative estimate of drug-likeness (QED) is 0.861. The van der Waals surface area contributed by atoms with Crippen LogP contribution < -0.4 is 4.74 Å². The SMILES string of the molecule is O=C(O)C1CC12CCOc1cc(Br)ccc12. The standard InChI is InChI=1S/C12H11BrO3/c13-7-1-2-8-10(5-7)16-4-3-12(8)6-9(12)11(14)15/h1-2,5,9H,3-4,6H2,(H,14,15). The molecule has 1 spiro atoms. The summed E-state index contributed by atoms with van der Waals surface area (Å²) in [6.45, 7) is 0.618. The average molecular weight is 283 g/mol. The van der Waals surface area contributed by atoms with Gasteiger partial charge >= 0.3 is 5.97 Å². The Morgan fingerprint density at radius 3 is 3.06 bits per heavy atom. The van der Waals surface area contributed by atoms with Crippen molar-refractivity contribution in [2.75, 3.05) is 6.61 Å². The third kappa shape index (κ3) is 1.29. The van der Waals surface area contributed by atoms with E-state index in [1.165, 1.54) is 0 Å². The van der Waals surface area contributed by atoms with Gasteiger partial charge in [0.05, 0.1) is 12.5 Å². The van der Waals surface area contributed by atoms with Crippen molar-refractivity contribution in [2.45, 2.75) is 18.3 Å². The third-order valence-electron chi connectivity index (χ3n) is 3.66. The molecule has 1 aliphatic carbocycles. The Labute approximate surface area is 102 Å². The first kappa shape index (κ1) is 10.1. The number of carboxylic acids is 1. The fraction of sp³-hybridized carbons (Fsp3) is 0.417. The number of carbonyl (C=O) groups is 1. The van der Waals surface area contributed by atoms with Gasteiger partial charge in [-0.3, -0.25) is 4.79 Å². The summed E-state index contributed by atoms with van der Waals surface area (Å²) >= 11 is 3.40. The molecule has 2 unspecified atom stereocenters. The molecule has 1 heterocycles. The van der Waals surface area contributed by atoms with Gasteiger partial charge in [0.25, 0.3) is 0 Å². The van der Waals surface area contributed by atoms with Crippen molar-refractivity contribution < 1.29 is 14.6 Å². The molecule has 1 fully saturated rings. The molecule has 1 aliphatic heterocycles. The molecule has 3 rings (SSSR count). The van der Waals surface area contributed by atoms with Gasteiger partial charge in [-0.1, -0.05) is 22.0 Å². The molecule has 0 saturated heterocycles. The number of hydrogen-bond donors (Lipinski definition) is 1. The van der Waals surface area contributed by atoms with Gasteiger partial charge in [0.15, 0.2) is 0 Å². The fourth-order valence-electron chi connectivity index (χ4n) is 2.71. The second-order valence-corrected chi connectivity index (χ2v) is 5.41. The van der Waals surface area contributed by atoms with Crippen molar-refractivity contribution in [1.29, 1.82) is 0 Å². The molecule has 1 N–H and O–H groups in total. The zero-order chi connectivity index (χ0) is 11.3. The van der Waals surface area contributed by atoms with Crippen LogP contribution in [0.5, 0.6) is 5.75 Å². The number of halogens is 1. The van der Waals surface area contributed by atoms with E-state index in [-0.39, 0.29) is 11.3 Å². The molecule has 3 nitrogen and oxygen atoms in total. The highest BCUT2D eigenvalue weighted by Gasteiger charge is 2.61. The first-order chi connectivity index (χ1) is 7.63. The lowest BCUT2D eigenvalue weighted by Gasteiger charge is -2.26. The van der Waals surface area contributed by atoms with Crippen molar-refractivity contribution in [3.05, 3.63) is 28.2 Å². The van der Waals surface area contributed by atoms with Crippen LogP contribution in [-0.4, -0.2) is 17.7 Å². The Kier molecular flexibility index (Phi) is 2.05. The van der Waals surface area contributed by atoms with Crippen molar-refractivity contribution in [3.8, 4) is 5.75 Å². The summed E-state index contributed by atoms with van der Waals surface area (Å²) in [4.78, 5) is 11.1. The lowest BCUT2D eigenvalue weighted by Crippen LogP contribution is -2.24. The van der Waals surface area contributed by atoms with Gasteiger partial charge in [-0.15, -0.1) is 0 Å². The minimum atomic E-state index is -0.684. The number of aliphatic carboxylic acids is 1. The van der Waals surface area contributed by atoms with Crippen molar-refractivity contribution in [1.82, 2.24) is 0 Å². The van der Waals surface area contributed by atoms with Gasteiger partial charge in [0, 0.05) is 15.5 Å². The molecule has 0 radical (unpaired) electrons. The molecule has 1 aromatic rings. The van der Waals surface area contributed by atoms with Crippen LogP contribution in [0, 0.1) is 5.92 Å². The van der Waals surface area contributed by atoms with Crippen molar-refractivity contribution >= 4 is 21.9 Å². The van der Waals surface area contributed by atoms with E-state index >= 15 is 0 Å². The summed E-state index contributed by atoms with van der Waals surface area (Å²) < 4.78 is 6.55. The van der Waals surface area contributed by atoms with E-state index in [2.05, 4.69) is 15.9 Å². The van der Waals surface area contributed by atoms with Crippen LogP contribution in [0.4, 0.5) is 0 Å². The highest BCUT2D eigenvalue weighted by molar-refractivity contribution is 9.10. The van der Waals surface area contributed by atoms with Crippen molar-refractivity contribution in [3.63, 3.8) is 0 Å². The number of fused-ring (bicyclic) bond motifs is 2. The average Bonchev–Trinajstić information content (AvgIpc) is 2.93. The maximum atomic E-state index is 11.1. The lowest BCUT2D eigenvalue weighted by atomic mass is 9.87. The molecule has 0 amide bonds. The predicted molar refractivity (Wildman–Crippen MR) is 61.7 cm³/mol. The second-order valence-electron chi connectivity index (χ2n) is 4.49. The number of ether oxygens (including phenoxy) is 1. The van der Waals surface area contributed by atoms with Crippen LogP contribution in [0.1, 0.15) is 18.4 Å². The highest BCUT2D eigenvalue weighted by Crippen LogP contribution is 2.60. The molecule has 2 aliphatic rings. The normalized spacial score (nSPS) is 30.7. The van der Waals surface area contributed by atoms with E-state index in [9.17, 15) is 4.79 Å². The van der Waals surface area contributed by atoms with E-state index in [4.69, 9.17) is 9.84 Å². The summed E-state index contributed by atoms with van der Waals surface area (Å²) in [7, 11) is 0. The number of rotatable bonds is 1. The molecule has 84 valence electrons. The second kappa shape index (κ2) is 3.23. The molecular weight excluding hydrogens is 272 g/mol. The first-order valence-corrected chi connectivity index (χ1v) is 6.08. The van der Waals surface area contributed by atoms with Crippen LogP contribution >= 0.6 is 15.9 Å². The first-order valence-electron chi connectivity index (χ1n) is 5.29. The van der Waals surface area contributed by atoms with Crippen LogP contribution in [0.15, 0.2) is 22.7 Å². The Morgan fingerprint density at radius 2 is 2.38 bits per heavy atom. The molecule has 16 heavy (non-hydrogen) atoms. The summed E-state index contributed by atoms with van der Waals surface area (Å²) in [6, 6.07) is 5.86. The Morgan fingerprint density at radius 1 is 1.56 bits per heavy atom. The van der Waals surface area contributed by atoms with E-state index in [1.54, 1.807) is 0 Å². The van der Waals surface area contributed by atoms with Crippen LogP contribution in [0.3, 0.4) is 0 Å². The number of hydrogen-bond acceptors (Lipinski definition) is 2. The molecule has 1 aromatic carbocycles. The Bertz CT molecular complexity index is 471. The summed E-state index contributed by atoms with van der Waals surface area (Å²) in [5.74, 6) is -0.0727. The molecule has 0 aromatic heterocycles. The molecule has 2 atom stereocenters. The minimum absolute atomic E-state index is 0.153. The Balaban J connectivity index is 2.05. The van der Waals surface area contributed by atoms with E-state index in [0.717, 1.165) is 28.6 Å². The largest absolute Gasteiger partial charge is 0.493 e. The topological polar surface area (TPSA) is 46.5 Å². The number of carboxylic acid groups (broad SMARTS) is 1. The molecular formula is C12H11BrO3. The minimum Gasteiger partial charge on any atom is -0.493 e. The molecule has 4 heteroatoms. The summed E-state index contributed by atoms with van der Waals surface area (Å²) in [5, 5.41) is 9.10. The molecule has 0 bridgehead atoms. The van der Waals surface area contributed by atoms with Crippen molar-refractivity contribution in [2.24, 2.45) is 5.92 Å². The summed E-state index contributed by atoms with van der Waals surface area (Å²) in [5.41, 5.74) is 0.912. The zero-order valence-electron chi connectivity index (χ0n) is 8.57. The van der Waals surface area contributed by atoms with Gasteiger partial charge in [-0.2, -0.15) is 0 Å². The number of benzene rings is 1. The van der Waals surface area contributed by atoms with Gasteiger partial charge < -0.3 is 9.84 Å². The summed E-state index contributed by atoms with van der Waals surface area (Å²) in [6.07, 6.45) is 1.57. The smallest absolute Gasteiger partial charge is 0.307 e. The van der Waals surface area contributed by atoms with Gasteiger partial charge in [-0.05, 0) is 25.0 Å².